The normalized spacial score (nSPS) is 25.8. The summed E-state index contributed by atoms with van der Waals surface area (Å²) in [6.45, 7) is 0.793. The molecule has 3 nitrogen and oxygen atoms in total. The number of thiazole rings is 1. The van der Waals surface area contributed by atoms with Crippen LogP contribution in [0, 0.1) is 5.92 Å². The molecule has 1 saturated carbocycles. The zero-order valence-corrected chi connectivity index (χ0v) is 11.2. The van der Waals surface area contributed by atoms with Crippen LogP contribution in [0.3, 0.4) is 0 Å². The summed E-state index contributed by atoms with van der Waals surface area (Å²) < 4.78 is 0.927. The van der Waals surface area contributed by atoms with Crippen molar-refractivity contribution in [2.75, 3.05) is 18.5 Å². The lowest BCUT2D eigenvalue weighted by Crippen LogP contribution is -2.37. The largest absolute Gasteiger partial charge is 0.348 e. The minimum Gasteiger partial charge on any atom is -0.348 e. The Labute approximate surface area is 103 Å². The number of hydrogen-bond acceptors (Lipinski definition) is 4. The lowest BCUT2D eigenvalue weighted by atomic mass is 10.0. The molecule has 0 spiro atoms. The van der Waals surface area contributed by atoms with Crippen molar-refractivity contribution < 1.29 is 0 Å². The molecule has 1 aliphatic rings. The van der Waals surface area contributed by atoms with E-state index >= 15 is 0 Å². The van der Waals surface area contributed by atoms with Gasteiger partial charge in [0, 0.05) is 18.5 Å². The third-order valence-corrected chi connectivity index (χ3v) is 4.83. The summed E-state index contributed by atoms with van der Waals surface area (Å²) in [6, 6.07) is 0.577. The highest BCUT2D eigenvalue weighted by atomic mass is 79.9. The molecule has 0 radical (unpaired) electrons. The highest BCUT2D eigenvalue weighted by molar-refractivity contribution is 9.10. The predicted molar refractivity (Wildman–Crippen MR) is 68.4 cm³/mol. The maximum Gasteiger partial charge on any atom is 0.186 e. The van der Waals surface area contributed by atoms with Gasteiger partial charge in [0.15, 0.2) is 5.13 Å². The van der Waals surface area contributed by atoms with E-state index < -0.39 is 0 Å². The van der Waals surface area contributed by atoms with Crippen LogP contribution in [0.2, 0.25) is 0 Å². The van der Waals surface area contributed by atoms with Crippen molar-refractivity contribution in [1.29, 1.82) is 0 Å². The molecule has 1 aromatic rings. The van der Waals surface area contributed by atoms with Gasteiger partial charge in [0.05, 0.1) is 0 Å². The van der Waals surface area contributed by atoms with Crippen molar-refractivity contribution in [2.24, 2.45) is 11.7 Å². The van der Waals surface area contributed by atoms with Crippen LogP contribution in [-0.4, -0.2) is 24.6 Å². The van der Waals surface area contributed by atoms with Crippen molar-refractivity contribution in [3.8, 4) is 0 Å². The van der Waals surface area contributed by atoms with Crippen LogP contribution < -0.4 is 10.6 Å². The van der Waals surface area contributed by atoms with Gasteiger partial charge in [-0.3, -0.25) is 0 Å². The van der Waals surface area contributed by atoms with Crippen molar-refractivity contribution >= 4 is 32.4 Å². The van der Waals surface area contributed by atoms with E-state index in [0.717, 1.165) is 16.3 Å². The molecule has 2 N–H and O–H groups in total. The number of hydrogen-bond donors (Lipinski definition) is 1. The van der Waals surface area contributed by atoms with Gasteiger partial charge in [0.1, 0.15) is 4.60 Å². The number of halogens is 1. The van der Waals surface area contributed by atoms with Crippen LogP contribution in [-0.2, 0) is 0 Å². The zero-order valence-electron chi connectivity index (χ0n) is 8.82. The monoisotopic (exact) mass is 289 g/mol. The Bertz CT molecular complexity index is 328. The molecule has 15 heavy (non-hydrogen) atoms. The average Bonchev–Trinajstić information content (AvgIpc) is 2.84. The summed E-state index contributed by atoms with van der Waals surface area (Å²) in [5.74, 6) is 0.637. The molecule has 1 heterocycles. The fourth-order valence-electron chi connectivity index (χ4n) is 2.35. The van der Waals surface area contributed by atoms with Crippen LogP contribution in [0.5, 0.6) is 0 Å². The molecular formula is C10H16BrN3S. The number of nitrogens with zero attached hydrogens (tertiary/aromatic N) is 2. The Hall–Kier alpha value is -0.130. The lowest BCUT2D eigenvalue weighted by Gasteiger charge is -2.28. The van der Waals surface area contributed by atoms with Gasteiger partial charge in [-0.15, -0.1) is 11.3 Å². The Kier molecular flexibility index (Phi) is 3.64. The Morgan fingerprint density at radius 3 is 3.07 bits per heavy atom. The smallest absolute Gasteiger partial charge is 0.186 e. The van der Waals surface area contributed by atoms with E-state index in [1.54, 1.807) is 11.3 Å². The first-order chi connectivity index (χ1) is 7.22. The maximum atomic E-state index is 5.79. The summed E-state index contributed by atoms with van der Waals surface area (Å²) in [5.41, 5.74) is 5.79. The molecule has 2 rings (SSSR count). The van der Waals surface area contributed by atoms with E-state index in [-0.39, 0.29) is 0 Å². The minimum absolute atomic E-state index is 0.577. The van der Waals surface area contributed by atoms with E-state index in [0.29, 0.717) is 12.0 Å². The standard InChI is InChI=1S/C10H16BrN3S/c1-14(10-13-9(11)6-15-10)8-4-2-3-7(8)5-12/h6-8H,2-5,12H2,1H3. The lowest BCUT2D eigenvalue weighted by molar-refractivity contribution is 0.474. The zero-order chi connectivity index (χ0) is 10.8. The van der Waals surface area contributed by atoms with Crippen LogP contribution in [0.25, 0.3) is 0 Å². The van der Waals surface area contributed by atoms with Crippen LogP contribution in [0.4, 0.5) is 5.13 Å². The fourth-order valence-corrected chi connectivity index (χ4v) is 3.63. The summed E-state index contributed by atoms with van der Waals surface area (Å²) in [4.78, 5) is 6.74. The first kappa shape index (κ1) is 11.4. The molecule has 1 fully saturated rings. The Morgan fingerprint density at radius 2 is 2.47 bits per heavy atom. The molecule has 0 aliphatic heterocycles. The van der Waals surface area contributed by atoms with Crippen molar-refractivity contribution in [2.45, 2.75) is 25.3 Å². The Morgan fingerprint density at radius 1 is 1.67 bits per heavy atom. The second-order valence-corrected chi connectivity index (χ2v) is 5.71. The van der Waals surface area contributed by atoms with Gasteiger partial charge in [-0.1, -0.05) is 6.42 Å². The van der Waals surface area contributed by atoms with Crippen molar-refractivity contribution in [1.82, 2.24) is 4.98 Å². The van der Waals surface area contributed by atoms with Crippen LogP contribution in [0.1, 0.15) is 19.3 Å². The highest BCUT2D eigenvalue weighted by Gasteiger charge is 2.30. The van der Waals surface area contributed by atoms with E-state index in [9.17, 15) is 0 Å². The quantitative estimate of drug-likeness (QED) is 0.930. The molecule has 1 aliphatic carbocycles. The molecule has 2 unspecified atom stereocenters. The second kappa shape index (κ2) is 4.80. The first-order valence-corrected chi connectivity index (χ1v) is 6.93. The molecule has 0 bridgehead atoms. The topological polar surface area (TPSA) is 42.2 Å². The van der Waals surface area contributed by atoms with Gasteiger partial charge in [0.2, 0.25) is 0 Å². The summed E-state index contributed by atoms with van der Waals surface area (Å²) in [5, 5.41) is 3.12. The van der Waals surface area contributed by atoms with E-state index in [4.69, 9.17) is 5.73 Å². The molecular weight excluding hydrogens is 274 g/mol. The molecule has 0 aromatic carbocycles. The SMILES string of the molecule is CN(c1nc(Br)cs1)C1CCCC1CN. The van der Waals surface area contributed by atoms with Gasteiger partial charge in [-0.05, 0) is 41.2 Å². The van der Waals surface area contributed by atoms with Gasteiger partial charge in [0.25, 0.3) is 0 Å². The van der Waals surface area contributed by atoms with Gasteiger partial charge >= 0.3 is 0 Å². The summed E-state index contributed by atoms with van der Waals surface area (Å²) in [7, 11) is 2.13. The van der Waals surface area contributed by atoms with Crippen LogP contribution >= 0.6 is 27.3 Å². The van der Waals surface area contributed by atoms with Crippen molar-refractivity contribution in [3.05, 3.63) is 9.98 Å². The van der Waals surface area contributed by atoms with Crippen LogP contribution in [0.15, 0.2) is 9.98 Å². The number of nitrogens with two attached hydrogens (primary N) is 1. The molecule has 1 aromatic heterocycles. The molecule has 0 amide bonds. The maximum absolute atomic E-state index is 5.79. The van der Waals surface area contributed by atoms with Crippen molar-refractivity contribution in [3.63, 3.8) is 0 Å². The summed E-state index contributed by atoms with van der Waals surface area (Å²) >= 11 is 5.07. The third kappa shape index (κ3) is 2.34. The number of anilines is 1. The molecule has 0 saturated heterocycles. The summed E-state index contributed by atoms with van der Waals surface area (Å²) in [6.07, 6.45) is 3.80. The predicted octanol–water partition coefficient (Wildman–Crippen LogP) is 2.47. The first-order valence-electron chi connectivity index (χ1n) is 5.26. The van der Waals surface area contributed by atoms with E-state index in [1.807, 2.05) is 5.38 Å². The highest BCUT2D eigenvalue weighted by Crippen LogP contribution is 2.33. The molecule has 2 atom stereocenters. The number of aromatic nitrogens is 1. The van der Waals surface area contributed by atoms with Gasteiger partial charge in [-0.2, -0.15) is 0 Å². The average molecular weight is 290 g/mol. The molecule has 5 heteroatoms. The Balaban J connectivity index is 2.10. The fraction of sp³-hybridized carbons (Fsp3) is 0.700. The third-order valence-electron chi connectivity index (χ3n) is 3.18. The van der Waals surface area contributed by atoms with E-state index in [1.165, 1.54) is 19.3 Å². The number of rotatable bonds is 3. The van der Waals surface area contributed by atoms with Gasteiger partial charge in [-0.25, -0.2) is 4.98 Å². The van der Waals surface area contributed by atoms with E-state index in [2.05, 4.69) is 32.9 Å². The second-order valence-electron chi connectivity index (χ2n) is 4.06. The van der Waals surface area contributed by atoms with Gasteiger partial charge < -0.3 is 10.6 Å². The minimum atomic E-state index is 0.577. The molecule has 84 valence electrons.